The fourth-order valence-corrected chi connectivity index (χ4v) is 6.34. The molecule has 0 radical (unpaired) electrons. The third-order valence-electron chi connectivity index (χ3n) is 7.85. The average Bonchev–Trinajstić information content (AvgIpc) is 3.41. The number of hydrogen-bond donors (Lipinski definition) is 1. The summed E-state index contributed by atoms with van der Waals surface area (Å²) >= 11 is 5.88. The highest BCUT2D eigenvalue weighted by Crippen LogP contribution is 2.43. The largest absolute Gasteiger partial charge is 0.467 e. The third kappa shape index (κ3) is 6.79. The zero-order chi connectivity index (χ0) is 29.3. The maximum atomic E-state index is 13.7. The smallest absolute Gasteiger partial charge is 0.419 e. The molecule has 2 aromatic rings. The second-order valence-corrected chi connectivity index (χ2v) is 11.4. The van der Waals surface area contributed by atoms with Crippen LogP contribution in [-0.2, 0) is 28.7 Å². The van der Waals surface area contributed by atoms with Gasteiger partial charge in [-0.1, -0.05) is 18.5 Å². The van der Waals surface area contributed by atoms with E-state index in [1.54, 1.807) is 0 Å². The maximum absolute atomic E-state index is 13.7. The molecule has 3 fully saturated rings. The van der Waals surface area contributed by atoms with E-state index >= 15 is 0 Å². The third-order valence-corrected chi connectivity index (χ3v) is 8.15. The summed E-state index contributed by atoms with van der Waals surface area (Å²) in [7, 11) is 1.44. The van der Waals surface area contributed by atoms with Gasteiger partial charge >= 0.3 is 12.2 Å². The Morgan fingerprint density at radius 2 is 1.98 bits per heavy atom. The van der Waals surface area contributed by atoms with Crippen molar-refractivity contribution in [2.24, 2.45) is 5.92 Å². The van der Waals surface area contributed by atoms with Crippen molar-refractivity contribution in [3.63, 3.8) is 0 Å². The van der Waals surface area contributed by atoms with E-state index in [9.17, 15) is 17.6 Å². The second-order valence-electron chi connectivity index (χ2n) is 11.0. The molecule has 0 bridgehead atoms. The molecule has 6 heterocycles. The number of pyridine rings is 1. The van der Waals surface area contributed by atoms with Crippen LogP contribution in [0.4, 0.5) is 29.2 Å². The van der Waals surface area contributed by atoms with Gasteiger partial charge in [-0.3, -0.25) is 4.90 Å². The van der Waals surface area contributed by atoms with Crippen LogP contribution in [-0.4, -0.2) is 78.6 Å². The molecule has 0 amide bonds. The molecule has 0 spiro atoms. The summed E-state index contributed by atoms with van der Waals surface area (Å²) in [6, 6.07) is 1.73. The molecular weight excluding hydrogens is 568 g/mol. The Morgan fingerprint density at radius 1 is 1.17 bits per heavy atom. The van der Waals surface area contributed by atoms with E-state index in [-0.39, 0.29) is 36.5 Å². The van der Waals surface area contributed by atoms with Gasteiger partial charge in [-0.25, -0.2) is 9.37 Å². The van der Waals surface area contributed by atoms with Crippen molar-refractivity contribution >= 4 is 23.2 Å². The number of anilines is 2. The van der Waals surface area contributed by atoms with Gasteiger partial charge < -0.3 is 24.8 Å². The molecule has 4 aliphatic heterocycles. The fourth-order valence-electron chi connectivity index (χ4n) is 6.02. The lowest BCUT2D eigenvalue weighted by Gasteiger charge is -2.31. The highest BCUT2D eigenvalue weighted by Gasteiger charge is 2.41. The van der Waals surface area contributed by atoms with Crippen LogP contribution in [0.1, 0.15) is 54.8 Å². The molecule has 4 atom stereocenters. The zero-order valence-electron chi connectivity index (χ0n) is 23.1. The Labute approximate surface area is 241 Å². The van der Waals surface area contributed by atoms with Gasteiger partial charge in [0, 0.05) is 37.7 Å². The molecule has 2 N–H and O–H groups in total. The number of nitrogen functional groups attached to an aromatic ring is 1. The molecule has 6 rings (SSSR count). The van der Waals surface area contributed by atoms with E-state index in [1.807, 2.05) is 0 Å². The summed E-state index contributed by atoms with van der Waals surface area (Å²) in [6.45, 7) is 6.44. The summed E-state index contributed by atoms with van der Waals surface area (Å²) in [5, 5.41) is -0.520. The van der Waals surface area contributed by atoms with E-state index in [2.05, 4.69) is 31.7 Å². The van der Waals surface area contributed by atoms with Crippen LogP contribution in [0.2, 0.25) is 5.02 Å². The summed E-state index contributed by atoms with van der Waals surface area (Å²) in [5.41, 5.74) is 5.52. The van der Waals surface area contributed by atoms with Crippen molar-refractivity contribution in [1.29, 1.82) is 0 Å². The Kier molecular flexibility index (Phi) is 9.07. The van der Waals surface area contributed by atoms with Crippen molar-refractivity contribution in [3.8, 4) is 6.01 Å². The number of alkyl halides is 4. The van der Waals surface area contributed by atoms with Crippen LogP contribution < -0.4 is 15.4 Å². The van der Waals surface area contributed by atoms with E-state index in [0.717, 1.165) is 19.0 Å². The molecule has 14 heteroatoms. The normalized spacial score (nSPS) is 26.6. The molecule has 0 aromatic carbocycles. The van der Waals surface area contributed by atoms with Crippen molar-refractivity contribution < 1.29 is 31.8 Å². The topological polar surface area (TPSA) is 98.9 Å². The first-order valence-electron chi connectivity index (χ1n) is 13.8. The van der Waals surface area contributed by atoms with Crippen molar-refractivity contribution in [2.45, 2.75) is 63.7 Å². The number of rotatable bonds is 3. The Balaban J connectivity index is 0.000000315. The van der Waals surface area contributed by atoms with E-state index in [1.165, 1.54) is 20.0 Å². The summed E-state index contributed by atoms with van der Waals surface area (Å²) < 4.78 is 70.5. The van der Waals surface area contributed by atoms with Crippen LogP contribution in [0.25, 0.3) is 0 Å². The highest BCUT2D eigenvalue weighted by atomic mass is 35.5. The number of hydrogen-bond acceptors (Lipinski definition) is 9. The van der Waals surface area contributed by atoms with Crippen molar-refractivity contribution in [1.82, 2.24) is 19.9 Å². The predicted molar refractivity (Wildman–Crippen MR) is 145 cm³/mol. The molecule has 4 unspecified atom stereocenters. The minimum absolute atomic E-state index is 0.0104. The lowest BCUT2D eigenvalue weighted by atomic mass is 9.99. The number of ether oxygens (including phenoxy) is 3. The van der Waals surface area contributed by atoms with Crippen LogP contribution in [0.3, 0.4) is 0 Å². The van der Waals surface area contributed by atoms with Crippen LogP contribution in [0.5, 0.6) is 6.01 Å². The predicted octanol–water partition coefficient (Wildman–Crippen LogP) is 4.61. The first-order chi connectivity index (χ1) is 19.5. The van der Waals surface area contributed by atoms with Gasteiger partial charge in [0.1, 0.15) is 23.9 Å². The average molecular weight is 603 g/mol. The summed E-state index contributed by atoms with van der Waals surface area (Å²) in [5.74, 6) is 0.795. The number of aromatic nitrogens is 3. The molecule has 0 aliphatic carbocycles. The lowest BCUT2D eigenvalue weighted by Crippen LogP contribution is -2.33. The minimum Gasteiger partial charge on any atom is -0.467 e. The number of methoxy groups -OCH3 is 1. The monoisotopic (exact) mass is 602 g/mol. The number of nitrogens with zero attached hydrogens (tertiary/aromatic N) is 5. The molecule has 2 aromatic heterocycles. The van der Waals surface area contributed by atoms with Gasteiger partial charge in [0.15, 0.2) is 0 Å². The van der Waals surface area contributed by atoms with Crippen LogP contribution >= 0.6 is 11.6 Å². The molecule has 226 valence electrons. The Bertz CT molecular complexity index is 1230. The van der Waals surface area contributed by atoms with Crippen molar-refractivity contribution in [3.05, 3.63) is 33.6 Å². The van der Waals surface area contributed by atoms with E-state index in [0.29, 0.717) is 56.0 Å². The maximum Gasteiger partial charge on any atom is 0.419 e. The summed E-state index contributed by atoms with van der Waals surface area (Å²) in [4.78, 5) is 17.2. The van der Waals surface area contributed by atoms with Gasteiger partial charge in [-0.2, -0.15) is 23.1 Å². The fraction of sp³-hybridized carbons (Fsp3) is 0.667. The molecule has 0 saturated carbocycles. The van der Waals surface area contributed by atoms with Crippen LogP contribution in [0.15, 0.2) is 6.07 Å². The molecule has 4 aliphatic rings. The highest BCUT2D eigenvalue weighted by molar-refractivity contribution is 6.31. The SMILES string of the molecule is COc1nc2c(c(N3CCOCC(C)C3)n1)COC(c1nc(N)cc(Cl)c1C(F)(F)F)C2.FC1CC2CCCN2C1. The molecule has 3 saturated heterocycles. The lowest BCUT2D eigenvalue weighted by molar-refractivity contribution is -0.140. The standard InChI is InChI=1S/C20H23ClF3N5O3.C7H12FN/c1-10-7-29(3-4-31-8-10)18-11-9-32-14(6-13(11)26-19(28-18)30-2)17-16(20(22,23)24)12(21)5-15(25)27-17;8-6-4-7-2-1-3-9(7)5-6/h5,10,14H,3-4,6-9H2,1-2H3,(H2,25,27);6-7H,1-5H2. The summed E-state index contributed by atoms with van der Waals surface area (Å²) in [6.07, 6.45) is -2.89. The number of nitrogens with two attached hydrogens (primary N) is 1. The van der Waals surface area contributed by atoms with Gasteiger partial charge in [-0.05, 0) is 37.8 Å². The second kappa shape index (κ2) is 12.4. The molecule has 41 heavy (non-hydrogen) atoms. The van der Waals surface area contributed by atoms with Gasteiger partial charge in [0.05, 0.1) is 48.9 Å². The van der Waals surface area contributed by atoms with Crippen molar-refractivity contribution in [2.75, 3.05) is 57.1 Å². The molecular formula is C27H35ClF4N6O3. The van der Waals surface area contributed by atoms with Crippen LogP contribution in [0, 0.1) is 5.92 Å². The first kappa shape index (κ1) is 30.0. The van der Waals surface area contributed by atoms with Gasteiger partial charge in [0.2, 0.25) is 0 Å². The Morgan fingerprint density at radius 3 is 2.71 bits per heavy atom. The molecule has 9 nitrogen and oxygen atoms in total. The van der Waals surface area contributed by atoms with E-state index in [4.69, 9.17) is 31.5 Å². The first-order valence-corrected chi connectivity index (χ1v) is 14.2. The number of fused-ring (bicyclic) bond motifs is 2. The van der Waals surface area contributed by atoms with Gasteiger partial charge in [-0.15, -0.1) is 0 Å². The minimum atomic E-state index is -4.71. The quantitative estimate of drug-likeness (QED) is 0.505. The Hall–Kier alpha value is -2.48. The van der Waals surface area contributed by atoms with Gasteiger partial charge in [0.25, 0.3) is 0 Å². The van der Waals surface area contributed by atoms with E-state index < -0.39 is 29.0 Å². The number of halogens is 5. The zero-order valence-corrected chi connectivity index (χ0v) is 23.8.